The van der Waals surface area contributed by atoms with Crippen LogP contribution in [0.4, 0.5) is 0 Å². The van der Waals surface area contributed by atoms with E-state index in [1.165, 1.54) is 0 Å². The Kier molecular flexibility index (Phi) is 3.82. The largest absolute Gasteiger partial charge is 0.451 e. The molecular formula is C14H26O5Si. The van der Waals surface area contributed by atoms with Gasteiger partial charge in [0, 0.05) is 0 Å². The molecule has 1 aliphatic heterocycles. The van der Waals surface area contributed by atoms with Crippen molar-refractivity contribution < 1.29 is 24.2 Å². The molecule has 1 saturated carbocycles. The molecule has 0 unspecified atom stereocenters. The van der Waals surface area contributed by atoms with Crippen LogP contribution in [-0.4, -0.2) is 48.4 Å². The first-order valence-electron chi connectivity index (χ1n) is 7.28. The zero-order valence-corrected chi connectivity index (χ0v) is 14.0. The molecule has 1 spiro atoms. The SMILES string of the molecule is CC(C)(C)[Si](C)(C)O[C@H]1CCC[C@]12OC(=O)[C@H](O)[C@@H]2O. The van der Waals surface area contributed by atoms with Gasteiger partial charge in [-0.3, -0.25) is 0 Å². The lowest BCUT2D eigenvalue weighted by Crippen LogP contribution is -2.55. The van der Waals surface area contributed by atoms with E-state index >= 15 is 0 Å². The molecule has 2 rings (SSSR count). The predicted molar refractivity (Wildman–Crippen MR) is 76.8 cm³/mol. The number of hydrogen-bond acceptors (Lipinski definition) is 5. The van der Waals surface area contributed by atoms with Crippen molar-refractivity contribution in [1.29, 1.82) is 0 Å². The Bertz CT molecular complexity index is 403. The van der Waals surface area contributed by atoms with Crippen molar-refractivity contribution in [2.45, 2.75) is 82.1 Å². The summed E-state index contributed by atoms with van der Waals surface area (Å²) in [5.74, 6) is -0.733. The molecule has 0 aromatic carbocycles. The van der Waals surface area contributed by atoms with Crippen LogP contribution in [-0.2, 0) is 14.0 Å². The molecule has 5 nitrogen and oxygen atoms in total. The van der Waals surface area contributed by atoms with Crippen LogP contribution in [0.3, 0.4) is 0 Å². The molecule has 1 heterocycles. The van der Waals surface area contributed by atoms with Crippen LogP contribution in [0.2, 0.25) is 18.1 Å². The van der Waals surface area contributed by atoms with E-state index in [4.69, 9.17) is 9.16 Å². The lowest BCUT2D eigenvalue weighted by atomic mass is 9.92. The van der Waals surface area contributed by atoms with E-state index in [0.717, 1.165) is 12.8 Å². The number of aliphatic hydroxyl groups is 2. The van der Waals surface area contributed by atoms with E-state index in [-0.39, 0.29) is 11.1 Å². The zero-order chi connectivity index (χ0) is 15.3. The molecule has 2 fully saturated rings. The van der Waals surface area contributed by atoms with Gasteiger partial charge in [-0.1, -0.05) is 20.8 Å². The fourth-order valence-electron chi connectivity index (χ4n) is 2.82. The quantitative estimate of drug-likeness (QED) is 0.598. The van der Waals surface area contributed by atoms with Crippen LogP contribution in [0.5, 0.6) is 0 Å². The van der Waals surface area contributed by atoms with Crippen molar-refractivity contribution in [1.82, 2.24) is 0 Å². The number of aliphatic hydroxyl groups excluding tert-OH is 2. The summed E-state index contributed by atoms with van der Waals surface area (Å²) in [4.78, 5) is 11.6. The average Bonchev–Trinajstić information content (AvgIpc) is 2.77. The molecule has 0 aromatic rings. The number of carbonyl (C=O) groups excluding carboxylic acids is 1. The lowest BCUT2D eigenvalue weighted by Gasteiger charge is -2.42. The Hall–Kier alpha value is -0.433. The first-order chi connectivity index (χ1) is 9.01. The van der Waals surface area contributed by atoms with Crippen molar-refractivity contribution >= 4 is 14.3 Å². The van der Waals surface area contributed by atoms with Crippen molar-refractivity contribution in [3.63, 3.8) is 0 Å². The smallest absolute Gasteiger partial charge is 0.338 e. The molecular weight excluding hydrogens is 276 g/mol. The maximum atomic E-state index is 11.6. The second-order valence-electron chi connectivity index (χ2n) is 7.52. The molecule has 1 aliphatic carbocycles. The van der Waals surface area contributed by atoms with E-state index in [9.17, 15) is 15.0 Å². The Labute approximate surface area is 121 Å². The van der Waals surface area contributed by atoms with Crippen LogP contribution >= 0.6 is 0 Å². The molecule has 2 aliphatic rings. The number of rotatable bonds is 2. The maximum Gasteiger partial charge on any atom is 0.338 e. The third-order valence-corrected chi connectivity index (χ3v) is 9.64. The van der Waals surface area contributed by atoms with Gasteiger partial charge in [0.25, 0.3) is 0 Å². The molecule has 116 valence electrons. The molecule has 20 heavy (non-hydrogen) atoms. The molecule has 0 aromatic heterocycles. The summed E-state index contributed by atoms with van der Waals surface area (Å²) in [5, 5.41) is 20.0. The molecule has 6 heteroatoms. The van der Waals surface area contributed by atoms with Crippen LogP contribution in [0.1, 0.15) is 40.0 Å². The molecule has 1 saturated heterocycles. The summed E-state index contributed by atoms with van der Waals surface area (Å²) in [6, 6.07) is 0. The van der Waals surface area contributed by atoms with Crippen LogP contribution in [0.15, 0.2) is 0 Å². The average molecular weight is 302 g/mol. The van der Waals surface area contributed by atoms with Gasteiger partial charge in [0.1, 0.15) is 6.10 Å². The lowest BCUT2D eigenvalue weighted by molar-refractivity contribution is -0.161. The number of ether oxygens (including phenoxy) is 1. The minimum atomic E-state index is -2.02. The summed E-state index contributed by atoms with van der Waals surface area (Å²) < 4.78 is 11.7. The van der Waals surface area contributed by atoms with Gasteiger partial charge in [0.2, 0.25) is 0 Å². The zero-order valence-electron chi connectivity index (χ0n) is 13.0. The molecule has 4 atom stereocenters. The van der Waals surface area contributed by atoms with Crippen LogP contribution in [0, 0.1) is 0 Å². The summed E-state index contributed by atoms with van der Waals surface area (Å²) >= 11 is 0. The third-order valence-electron chi connectivity index (χ3n) is 5.15. The summed E-state index contributed by atoms with van der Waals surface area (Å²) in [6.45, 7) is 10.7. The van der Waals surface area contributed by atoms with E-state index in [1.54, 1.807) is 0 Å². The Morgan fingerprint density at radius 2 is 1.95 bits per heavy atom. The first kappa shape index (κ1) is 15.9. The highest BCUT2D eigenvalue weighted by atomic mass is 28.4. The second kappa shape index (κ2) is 4.80. The third kappa shape index (κ3) is 2.32. The molecule has 0 amide bonds. The summed E-state index contributed by atoms with van der Waals surface area (Å²) in [5.41, 5.74) is -1.05. The van der Waals surface area contributed by atoms with Crippen molar-refractivity contribution in [2.75, 3.05) is 0 Å². The Morgan fingerprint density at radius 3 is 2.40 bits per heavy atom. The number of esters is 1. The van der Waals surface area contributed by atoms with Crippen LogP contribution in [0.25, 0.3) is 0 Å². The number of hydrogen-bond donors (Lipinski definition) is 2. The topological polar surface area (TPSA) is 76.0 Å². The summed E-state index contributed by atoms with van der Waals surface area (Å²) in [7, 11) is -2.02. The standard InChI is InChI=1S/C14H26O5Si/c1-13(2,3)20(4,5)19-9-7-6-8-14(9)11(16)10(15)12(17)18-14/h9-11,15-16H,6-8H2,1-5H3/t9-,10+,11-,14-/m0/s1. The minimum absolute atomic E-state index is 0.0446. The van der Waals surface area contributed by atoms with Gasteiger partial charge in [0.15, 0.2) is 20.0 Å². The van der Waals surface area contributed by atoms with Gasteiger partial charge in [-0.2, -0.15) is 0 Å². The molecule has 2 N–H and O–H groups in total. The number of carbonyl (C=O) groups is 1. The van der Waals surface area contributed by atoms with E-state index in [0.29, 0.717) is 6.42 Å². The minimum Gasteiger partial charge on any atom is -0.451 e. The monoisotopic (exact) mass is 302 g/mol. The molecule has 0 radical (unpaired) electrons. The van der Waals surface area contributed by atoms with Gasteiger partial charge in [0.05, 0.1) is 6.10 Å². The maximum absolute atomic E-state index is 11.6. The Balaban J connectivity index is 2.23. The normalized spacial score (nSPS) is 38.5. The first-order valence-corrected chi connectivity index (χ1v) is 10.2. The van der Waals surface area contributed by atoms with Crippen molar-refractivity contribution in [2.24, 2.45) is 0 Å². The van der Waals surface area contributed by atoms with Crippen LogP contribution < -0.4 is 0 Å². The van der Waals surface area contributed by atoms with E-state index in [2.05, 4.69) is 33.9 Å². The van der Waals surface area contributed by atoms with Gasteiger partial charge < -0.3 is 19.4 Å². The van der Waals surface area contributed by atoms with Gasteiger partial charge in [-0.15, -0.1) is 0 Å². The predicted octanol–water partition coefficient (Wildman–Crippen LogP) is 1.58. The highest BCUT2D eigenvalue weighted by molar-refractivity contribution is 6.74. The van der Waals surface area contributed by atoms with Gasteiger partial charge in [-0.25, -0.2) is 4.79 Å². The van der Waals surface area contributed by atoms with E-state index in [1.807, 2.05) is 0 Å². The highest BCUT2D eigenvalue weighted by Crippen LogP contribution is 2.47. The fraction of sp³-hybridized carbons (Fsp3) is 0.929. The van der Waals surface area contributed by atoms with Gasteiger partial charge >= 0.3 is 5.97 Å². The van der Waals surface area contributed by atoms with Crippen molar-refractivity contribution in [3.05, 3.63) is 0 Å². The highest BCUT2D eigenvalue weighted by Gasteiger charge is 2.62. The van der Waals surface area contributed by atoms with E-state index < -0.39 is 32.1 Å². The van der Waals surface area contributed by atoms with Crippen molar-refractivity contribution in [3.8, 4) is 0 Å². The second-order valence-corrected chi connectivity index (χ2v) is 12.3. The van der Waals surface area contributed by atoms with Gasteiger partial charge in [-0.05, 0) is 37.4 Å². The fourth-order valence-corrected chi connectivity index (χ4v) is 4.20. The molecule has 0 bridgehead atoms. The summed E-state index contributed by atoms with van der Waals surface area (Å²) in [6.07, 6.45) is -0.818. The Morgan fingerprint density at radius 1 is 1.35 bits per heavy atom.